The van der Waals surface area contributed by atoms with Crippen LogP contribution >= 0.6 is 0 Å². The van der Waals surface area contributed by atoms with E-state index in [1.807, 2.05) is 61.5 Å². The number of carbonyl (C=O) groups excluding carboxylic acids is 1. The molecule has 3 N–H and O–H groups in total. The Hall–Kier alpha value is -3.86. The van der Waals surface area contributed by atoms with E-state index in [0.29, 0.717) is 24.9 Å². The standard InChI is InChI=1S/C28H30N2O3/c1-20(2)29-18-10-17-25(28(32)33)30-27(31)24-16-9-15-23(19-24)26(21-11-5-3-6-12-21)22-13-7-4-8-14-22/h3-9,11-16,19,25-26,29H,1,10,17-18H2,2H3,(H,30,31)(H,32,33). The maximum absolute atomic E-state index is 12.9. The number of carbonyl (C=O) groups is 2. The Labute approximate surface area is 195 Å². The number of amides is 1. The van der Waals surface area contributed by atoms with Gasteiger partial charge in [-0.15, -0.1) is 0 Å². The molecule has 0 aliphatic rings. The average molecular weight is 443 g/mol. The molecule has 0 aromatic heterocycles. The van der Waals surface area contributed by atoms with Crippen LogP contribution in [0.25, 0.3) is 0 Å². The predicted molar refractivity (Wildman–Crippen MR) is 131 cm³/mol. The van der Waals surface area contributed by atoms with Crippen LogP contribution in [0.5, 0.6) is 0 Å². The second-order valence-electron chi connectivity index (χ2n) is 8.09. The lowest BCUT2D eigenvalue weighted by atomic mass is 9.84. The molecule has 0 aliphatic carbocycles. The number of rotatable bonds is 11. The van der Waals surface area contributed by atoms with Crippen LogP contribution in [0.1, 0.15) is 52.7 Å². The lowest BCUT2D eigenvalue weighted by Crippen LogP contribution is -2.41. The molecule has 0 aliphatic heterocycles. The summed E-state index contributed by atoms with van der Waals surface area (Å²) in [7, 11) is 0. The van der Waals surface area contributed by atoms with Crippen molar-refractivity contribution in [2.24, 2.45) is 0 Å². The first-order valence-electron chi connectivity index (χ1n) is 11.1. The van der Waals surface area contributed by atoms with Gasteiger partial charge in [0.15, 0.2) is 0 Å². The van der Waals surface area contributed by atoms with E-state index in [1.165, 1.54) is 0 Å². The molecule has 0 bridgehead atoms. The monoisotopic (exact) mass is 442 g/mol. The van der Waals surface area contributed by atoms with Crippen molar-refractivity contribution in [3.8, 4) is 0 Å². The highest BCUT2D eigenvalue weighted by Gasteiger charge is 2.22. The minimum atomic E-state index is -1.04. The molecule has 0 spiro atoms. The molecular weight excluding hydrogens is 412 g/mol. The highest BCUT2D eigenvalue weighted by molar-refractivity contribution is 5.96. The van der Waals surface area contributed by atoms with Crippen LogP contribution in [0.4, 0.5) is 0 Å². The van der Waals surface area contributed by atoms with Crippen LogP contribution in [0.15, 0.2) is 97.2 Å². The van der Waals surface area contributed by atoms with Crippen LogP contribution in [0, 0.1) is 0 Å². The number of carboxylic acids is 1. The van der Waals surface area contributed by atoms with Crippen LogP contribution < -0.4 is 10.6 Å². The summed E-state index contributed by atoms with van der Waals surface area (Å²) in [4.78, 5) is 24.6. The Morgan fingerprint density at radius 3 is 2.00 bits per heavy atom. The van der Waals surface area contributed by atoms with Gasteiger partial charge in [0.2, 0.25) is 0 Å². The predicted octanol–water partition coefficient (Wildman–Crippen LogP) is 4.95. The summed E-state index contributed by atoms with van der Waals surface area (Å²) in [5.74, 6) is -1.47. The third-order valence-electron chi connectivity index (χ3n) is 5.45. The Morgan fingerprint density at radius 2 is 1.45 bits per heavy atom. The SMILES string of the molecule is C=C(C)NCCCC(NC(=O)c1cccc(C(c2ccccc2)c2ccccc2)c1)C(=O)O. The van der Waals surface area contributed by atoms with E-state index in [4.69, 9.17) is 0 Å². The average Bonchev–Trinajstić information content (AvgIpc) is 2.82. The number of allylic oxidation sites excluding steroid dienone is 1. The zero-order valence-corrected chi connectivity index (χ0v) is 18.8. The Balaban J connectivity index is 1.81. The smallest absolute Gasteiger partial charge is 0.326 e. The summed E-state index contributed by atoms with van der Waals surface area (Å²) in [5, 5.41) is 15.3. The van der Waals surface area contributed by atoms with E-state index in [1.54, 1.807) is 6.07 Å². The molecule has 0 saturated carbocycles. The van der Waals surface area contributed by atoms with Gasteiger partial charge in [0.1, 0.15) is 6.04 Å². The molecule has 1 atom stereocenters. The molecule has 0 fully saturated rings. The molecule has 170 valence electrons. The van der Waals surface area contributed by atoms with Gasteiger partial charge in [-0.1, -0.05) is 79.4 Å². The normalized spacial score (nSPS) is 11.6. The molecule has 5 heteroatoms. The van der Waals surface area contributed by atoms with Gasteiger partial charge < -0.3 is 15.7 Å². The topological polar surface area (TPSA) is 78.4 Å². The molecule has 0 saturated heterocycles. The van der Waals surface area contributed by atoms with Gasteiger partial charge in [-0.05, 0) is 48.6 Å². The quantitative estimate of drug-likeness (QED) is 0.290. The van der Waals surface area contributed by atoms with Gasteiger partial charge in [-0.3, -0.25) is 4.79 Å². The summed E-state index contributed by atoms with van der Waals surface area (Å²) in [6, 6.07) is 26.7. The van der Waals surface area contributed by atoms with Crippen molar-refractivity contribution in [2.75, 3.05) is 6.54 Å². The van der Waals surface area contributed by atoms with E-state index >= 15 is 0 Å². The maximum Gasteiger partial charge on any atom is 0.326 e. The van der Waals surface area contributed by atoms with Crippen molar-refractivity contribution >= 4 is 11.9 Å². The summed E-state index contributed by atoms with van der Waals surface area (Å²) in [5.41, 5.74) is 4.48. The highest BCUT2D eigenvalue weighted by atomic mass is 16.4. The summed E-state index contributed by atoms with van der Waals surface area (Å²) < 4.78 is 0. The number of nitrogens with one attached hydrogen (secondary N) is 2. The van der Waals surface area contributed by atoms with Crippen LogP contribution in [0.3, 0.4) is 0 Å². The fraction of sp³-hybridized carbons (Fsp3) is 0.214. The lowest BCUT2D eigenvalue weighted by molar-refractivity contribution is -0.139. The van der Waals surface area contributed by atoms with Crippen molar-refractivity contribution in [3.05, 3.63) is 119 Å². The van der Waals surface area contributed by atoms with Crippen molar-refractivity contribution in [3.63, 3.8) is 0 Å². The zero-order valence-electron chi connectivity index (χ0n) is 18.8. The van der Waals surface area contributed by atoms with Crippen LogP contribution in [-0.4, -0.2) is 29.6 Å². The number of benzene rings is 3. The number of carboxylic acid groups (broad SMARTS) is 1. The van der Waals surface area contributed by atoms with Crippen molar-refractivity contribution in [2.45, 2.75) is 31.7 Å². The van der Waals surface area contributed by atoms with Crippen molar-refractivity contribution < 1.29 is 14.7 Å². The molecule has 0 heterocycles. The highest BCUT2D eigenvalue weighted by Crippen LogP contribution is 2.32. The minimum Gasteiger partial charge on any atom is -0.480 e. The Kier molecular flexibility index (Phi) is 8.42. The molecule has 5 nitrogen and oxygen atoms in total. The van der Waals surface area contributed by atoms with Gasteiger partial charge in [-0.2, -0.15) is 0 Å². The van der Waals surface area contributed by atoms with Gasteiger partial charge >= 0.3 is 5.97 Å². The van der Waals surface area contributed by atoms with E-state index in [-0.39, 0.29) is 5.92 Å². The largest absolute Gasteiger partial charge is 0.480 e. The van der Waals surface area contributed by atoms with E-state index < -0.39 is 17.9 Å². The summed E-state index contributed by atoms with van der Waals surface area (Å²) in [6.07, 6.45) is 0.936. The van der Waals surface area contributed by atoms with Crippen molar-refractivity contribution in [1.29, 1.82) is 0 Å². The number of hydrogen-bond donors (Lipinski definition) is 3. The van der Waals surface area contributed by atoms with Gasteiger partial charge in [0, 0.05) is 23.7 Å². The molecule has 1 amide bonds. The second-order valence-corrected chi connectivity index (χ2v) is 8.09. The summed E-state index contributed by atoms with van der Waals surface area (Å²) >= 11 is 0. The Morgan fingerprint density at radius 1 is 0.879 bits per heavy atom. The third-order valence-corrected chi connectivity index (χ3v) is 5.45. The zero-order chi connectivity index (χ0) is 23.6. The first-order valence-corrected chi connectivity index (χ1v) is 11.1. The van der Waals surface area contributed by atoms with Crippen LogP contribution in [-0.2, 0) is 4.79 Å². The van der Waals surface area contributed by atoms with Gasteiger partial charge in [-0.25, -0.2) is 4.79 Å². The molecule has 3 aromatic carbocycles. The maximum atomic E-state index is 12.9. The van der Waals surface area contributed by atoms with Gasteiger partial charge in [0.25, 0.3) is 5.91 Å². The van der Waals surface area contributed by atoms with Gasteiger partial charge in [0.05, 0.1) is 0 Å². The van der Waals surface area contributed by atoms with E-state index in [9.17, 15) is 14.7 Å². The molecule has 33 heavy (non-hydrogen) atoms. The minimum absolute atomic E-state index is 0.0383. The molecule has 1 unspecified atom stereocenters. The fourth-order valence-electron chi connectivity index (χ4n) is 3.83. The molecule has 3 rings (SSSR count). The third kappa shape index (κ3) is 6.81. The first-order chi connectivity index (χ1) is 16.0. The number of hydrogen-bond acceptors (Lipinski definition) is 3. The first kappa shape index (κ1) is 23.8. The lowest BCUT2D eigenvalue weighted by Gasteiger charge is -2.20. The van der Waals surface area contributed by atoms with Crippen molar-refractivity contribution in [1.82, 2.24) is 10.6 Å². The molecule has 0 radical (unpaired) electrons. The number of aliphatic carboxylic acids is 1. The fourth-order valence-corrected chi connectivity index (χ4v) is 3.83. The van der Waals surface area contributed by atoms with E-state index in [2.05, 4.69) is 41.5 Å². The Bertz CT molecular complexity index is 1040. The second kappa shape index (κ2) is 11.7. The van der Waals surface area contributed by atoms with Crippen LogP contribution in [0.2, 0.25) is 0 Å². The molecule has 3 aromatic rings. The van der Waals surface area contributed by atoms with E-state index in [0.717, 1.165) is 22.4 Å². The summed E-state index contributed by atoms with van der Waals surface area (Å²) in [6.45, 7) is 6.22. The molecular formula is C28H30N2O3.